The van der Waals surface area contributed by atoms with E-state index in [0.29, 0.717) is 35.3 Å². The molecule has 2 aromatic rings. The Morgan fingerprint density at radius 2 is 2.00 bits per heavy atom. The molecule has 0 radical (unpaired) electrons. The first-order valence-corrected chi connectivity index (χ1v) is 8.00. The Labute approximate surface area is 153 Å². The van der Waals surface area contributed by atoms with Crippen LogP contribution in [0.1, 0.15) is 25.2 Å². The van der Waals surface area contributed by atoms with Crippen LogP contribution < -0.4 is 15.0 Å². The van der Waals surface area contributed by atoms with E-state index < -0.39 is 22.0 Å². The van der Waals surface area contributed by atoms with Crippen LogP contribution >= 0.6 is 11.6 Å². The summed E-state index contributed by atoms with van der Waals surface area (Å²) in [5.74, 6) is -0.138. The van der Waals surface area contributed by atoms with E-state index in [-0.39, 0.29) is 5.82 Å². The van der Waals surface area contributed by atoms with Crippen LogP contribution in [-0.4, -0.2) is 33.2 Å². The smallest absolute Gasteiger partial charge is 0.395 e. The Kier molecular flexibility index (Phi) is 6.18. The zero-order valence-electron chi connectivity index (χ0n) is 14.0. The summed E-state index contributed by atoms with van der Waals surface area (Å²) in [6.45, 7) is 4.47. The molecular weight excluding hydrogens is 366 g/mol. The summed E-state index contributed by atoms with van der Waals surface area (Å²) in [7, 11) is 0. The van der Waals surface area contributed by atoms with Crippen LogP contribution in [0.3, 0.4) is 0 Å². The van der Waals surface area contributed by atoms with Gasteiger partial charge in [-0.3, -0.25) is 14.9 Å². The highest BCUT2D eigenvalue weighted by atomic mass is 35.5. The van der Waals surface area contributed by atoms with Crippen molar-refractivity contribution in [3.05, 3.63) is 49.0 Å². The molecule has 0 aliphatic heterocycles. The molecule has 1 aromatic carbocycles. The maximum atomic E-state index is 11.6. The molecule has 2 N–H and O–H groups in total. The van der Waals surface area contributed by atoms with E-state index in [9.17, 15) is 20.0 Å². The van der Waals surface area contributed by atoms with Crippen LogP contribution in [0.5, 0.6) is 17.4 Å². The first kappa shape index (κ1) is 19.3. The second-order valence-corrected chi connectivity index (χ2v) is 5.32. The van der Waals surface area contributed by atoms with Crippen molar-refractivity contribution in [3.63, 3.8) is 0 Å². The van der Waals surface area contributed by atoms with Crippen LogP contribution in [0.15, 0.2) is 16.9 Å². The minimum Gasteiger partial charge on any atom is -0.490 e. The summed E-state index contributed by atoms with van der Waals surface area (Å²) in [5.41, 5.74) is -1.45. The summed E-state index contributed by atoms with van der Waals surface area (Å²) in [5, 5.41) is 20.5. The number of H-pyrrole nitrogens is 1. The summed E-state index contributed by atoms with van der Waals surface area (Å²) in [4.78, 5) is 27.1. The Hall–Kier alpha value is -3.07. The van der Waals surface area contributed by atoms with Crippen molar-refractivity contribution in [2.45, 2.75) is 13.8 Å². The van der Waals surface area contributed by atoms with Gasteiger partial charge < -0.3 is 19.6 Å². The standard InChI is InChI=1S/C16H16ClN3O6/c1-3-25-11-8-9(7-10(17)14(11)26-4-2)5-6-12-18-15(21)13(20(23)24)16(22)19-12/h5-8H,3-4H2,1-2H3,(H2,18,19,21,22). The van der Waals surface area contributed by atoms with Gasteiger partial charge in [-0.05, 0) is 37.6 Å². The van der Waals surface area contributed by atoms with Gasteiger partial charge in [0.15, 0.2) is 11.5 Å². The number of benzene rings is 1. The van der Waals surface area contributed by atoms with Gasteiger partial charge in [-0.2, -0.15) is 4.98 Å². The van der Waals surface area contributed by atoms with Crippen molar-refractivity contribution in [1.29, 1.82) is 0 Å². The normalized spacial score (nSPS) is 10.9. The van der Waals surface area contributed by atoms with Gasteiger partial charge in [-0.15, -0.1) is 0 Å². The minimum absolute atomic E-state index is 0.0546. The van der Waals surface area contributed by atoms with E-state index in [1.54, 1.807) is 18.2 Å². The van der Waals surface area contributed by atoms with Gasteiger partial charge in [0.1, 0.15) is 5.82 Å². The molecule has 1 aromatic heterocycles. The first-order valence-electron chi connectivity index (χ1n) is 7.62. The van der Waals surface area contributed by atoms with Gasteiger partial charge in [-0.1, -0.05) is 17.7 Å². The van der Waals surface area contributed by atoms with E-state index in [2.05, 4.69) is 9.97 Å². The number of aromatic hydroxyl groups is 1. The molecular formula is C16H16ClN3O6. The lowest BCUT2D eigenvalue weighted by Crippen LogP contribution is -2.14. The molecule has 1 heterocycles. The maximum Gasteiger partial charge on any atom is 0.395 e. The monoisotopic (exact) mass is 381 g/mol. The van der Waals surface area contributed by atoms with E-state index in [1.165, 1.54) is 6.08 Å². The summed E-state index contributed by atoms with van der Waals surface area (Å²) < 4.78 is 11.0. The second kappa shape index (κ2) is 8.34. The molecule has 9 nitrogen and oxygen atoms in total. The molecule has 0 aliphatic rings. The molecule has 0 bridgehead atoms. The molecule has 0 saturated carbocycles. The van der Waals surface area contributed by atoms with E-state index in [0.717, 1.165) is 0 Å². The van der Waals surface area contributed by atoms with Crippen LogP contribution in [0.4, 0.5) is 5.69 Å². The van der Waals surface area contributed by atoms with Crippen molar-refractivity contribution in [3.8, 4) is 17.4 Å². The zero-order valence-corrected chi connectivity index (χ0v) is 14.7. The quantitative estimate of drug-likeness (QED) is 0.557. The van der Waals surface area contributed by atoms with Crippen LogP contribution in [0.25, 0.3) is 12.2 Å². The second-order valence-electron chi connectivity index (χ2n) is 4.91. The number of nitrogens with one attached hydrogen (secondary N) is 1. The first-order chi connectivity index (χ1) is 12.4. The van der Waals surface area contributed by atoms with Crippen molar-refractivity contribution in [2.75, 3.05) is 13.2 Å². The number of aromatic amines is 1. The number of nitro groups is 1. The third-order valence-corrected chi connectivity index (χ3v) is 3.41. The van der Waals surface area contributed by atoms with Crippen LogP contribution in [0, 0.1) is 10.1 Å². The lowest BCUT2D eigenvalue weighted by atomic mass is 10.2. The molecule has 0 aliphatic carbocycles. The molecule has 0 atom stereocenters. The Morgan fingerprint density at radius 1 is 1.31 bits per heavy atom. The SMILES string of the molecule is CCOc1cc(C=Cc2nc(O)c([N+](=O)[O-])c(=O)[nH]2)cc(Cl)c1OCC. The van der Waals surface area contributed by atoms with E-state index in [4.69, 9.17) is 21.1 Å². The number of aromatic nitrogens is 2. The summed E-state index contributed by atoms with van der Waals surface area (Å²) in [6.07, 6.45) is 2.92. The highest BCUT2D eigenvalue weighted by Gasteiger charge is 2.21. The number of hydrogen-bond acceptors (Lipinski definition) is 7. The fraction of sp³-hybridized carbons (Fsp3) is 0.250. The maximum absolute atomic E-state index is 11.6. The van der Waals surface area contributed by atoms with Crippen molar-refractivity contribution < 1.29 is 19.5 Å². The van der Waals surface area contributed by atoms with Gasteiger partial charge in [0.2, 0.25) is 0 Å². The van der Waals surface area contributed by atoms with Crippen molar-refractivity contribution >= 4 is 29.4 Å². The van der Waals surface area contributed by atoms with E-state index >= 15 is 0 Å². The topological polar surface area (TPSA) is 128 Å². The van der Waals surface area contributed by atoms with Crippen LogP contribution in [-0.2, 0) is 0 Å². The Bertz CT molecular complexity index is 910. The molecule has 26 heavy (non-hydrogen) atoms. The fourth-order valence-electron chi connectivity index (χ4n) is 2.12. The van der Waals surface area contributed by atoms with Gasteiger partial charge in [0, 0.05) is 0 Å². The molecule has 0 saturated heterocycles. The third kappa shape index (κ3) is 4.31. The lowest BCUT2D eigenvalue weighted by Gasteiger charge is -2.13. The highest BCUT2D eigenvalue weighted by Crippen LogP contribution is 2.37. The molecule has 0 unspecified atom stereocenters. The molecule has 0 amide bonds. The molecule has 0 fully saturated rings. The fourth-order valence-corrected chi connectivity index (χ4v) is 2.40. The van der Waals surface area contributed by atoms with Crippen LogP contribution in [0.2, 0.25) is 5.02 Å². The highest BCUT2D eigenvalue weighted by molar-refractivity contribution is 6.32. The number of ether oxygens (including phenoxy) is 2. The van der Waals surface area contributed by atoms with E-state index in [1.807, 2.05) is 13.8 Å². The van der Waals surface area contributed by atoms with Crippen molar-refractivity contribution in [1.82, 2.24) is 9.97 Å². The van der Waals surface area contributed by atoms with Gasteiger partial charge in [-0.25, -0.2) is 0 Å². The third-order valence-electron chi connectivity index (χ3n) is 3.13. The van der Waals surface area contributed by atoms with Gasteiger partial charge in [0.05, 0.1) is 23.2 Å². The average molecular weight is 382 g/mol. The molecule has 0 spiro atoms. The molecule has 2 rings (SSSR count). The average Bonchev–Trinajstić information content (AvgIpc) is 2.55. The predicted octanol–water partition coefficient (Wildman–Crippen LogP) is 3.00. The predicted molar refractivity (Wildman–Crippen MR) is 95.9 cm³/mol. The minimum atomic E-state index is -1.05. The largest absolute Gasteiger partial charge is 0.490 e. The summed E-state index contributed by atoms with van der Waals surface area (Å²) >= 11 is 6.21. The Balaban J connectivity index is 2.39. The molecule has 10 heteroatoms. The zero-order chi connectivity index (χ0) is 19.3. The Morgan fingerprint density at radius 3 is 2.58 bits per heavy atom. The number of hydrogen-bond donors (Lipinski definition) is 2. The van der Waals surface area contributed by atoms with Gasteiger partial charge in [0.25, 0.3) is 5.88 Å². The lowest BCUT2D eigenvalue weighted by molar-refractivity contribution is -0.387. The number of halogens is 1. The van der Waals surface area contributed by atoms with Crippen molar-refractivity contribution in [2.24, 2.45) is 0 Å². The summed E-state index contributed by atoms with van der Waals surface area (Å²) in [6, 6.07) is 3.30. The number of rotatable bonds is 7. The van der Waals surface area contributed by atoms with Gasteiger partial charge >= 0.3 is 11.2 Å². The number of nitrogens with zero attached hydrogens (tertiary/aromatic N) is 2. The molecule has 138 valence electrons.